The van der Waals surface area contributed by atoms with Gasteiger partial charge in [0.05, 0.1) is 6.61 Å². The fourth-order valence-electron chi connectivity index (χ4n) is 5.18. The van der Waals surface area contributed by atoms with Gasteiger partial charge in [0.15, 0.2) is 6.10 Å². The molecule has 0 aliphatic rings. The number of esters is 2. The van der Waals surface area contributed by atoms with Crippen LogP contribution in [0.1, 0.15) is 194 Å². The first-order valence-electron chi connectivity index (χ1n) is 17.6. The van der Waals surface area contributed by atoms with Crippen molar-refractivity contribution in [2.24, 2.45) is 0 Å². The van der Waals surface area contributed by atoms with Crippen LogP contribution in [0.3, 0.4) is 0 Å². The first-order chi connectivity index (χ1) is 19.6. The molecule has 0 aromatic heterocycles. The molecular weight excluding hydrogens is 500 g/mol. The van der Waals surface area contributed by atoms with Crippen molar-refractivity contribution in [1.29, 1.82) is 0 Å². The van der Waals surface area contributed by atoms with E-state index in [9.17, 15) is 14.7 Å². The average molecular weight is 569 g/mol. The molecule has 0 radical (unpaired) electrons. The van der Waals surface area contributed by atoms with E-state index in [1.807, 2.05) is 6.92 Å². The Bertz CT molecular complexity index is 536. The fourth-order valence-corrected chi connectivity index (χ4v) is 5.18. The summed E-state index contributed by atoms with van der Waals surface area (Å²) in [6, 6.07) is 0. The molecule has 0 heterocycles. The second-order valence-electron chi connectivity index (χ2n) is 12.0. The Morgan fingerprint density at radius 3 is 1.15 bits per heavy atom. The largest absolute Gasteiger partial charge is 0.462 e. The summed E-state index contributed by atoms with van der Waals surface area (Å²) in [7, 11) is 0. The zero-order valence-electron chi connectivity index (χ0n) is 26.9. The minimum atomic E-state index is -0.757. The van der Waals surface area contributed by atoms with Gasteiger partial charge in [-0.05, 0) is 12.8 Å². The SMILES string of the molecule is CCCCCCCCCCCCCCCCCCCCCCCCCCC(=O)OC(CO)COC(=O)CCCC. The number of aliphatic hydroxyl groups excluding tert-OH is 1. The predicted molar refractivity (Wildman–Crippen MR) is 169 cm³/mol. The second kappa shape index (κ2) is 32.4. The van der Waals surface area contributed by atoms with Crippen molar-refractivity contribution in [2.75, 3.05) is 13.2 Å². The molecule has 238 valence electrons. The number of rotatable bonds is 32. The minimum Gasteiger partial charge on any atom is -0.462 e. The van der Waals surface area contributed by atoms with E-state index in [1.165, 1.54) is 135 Å². The molecule has 0 aromatic rings. The first kappa shape index (κ1) is 38.9. The molecule has 1 atom stereocenters. The van der Waals surface area contributed by atoms with Gasteiger partial charge in [-0.25, -0.2) is 0 Å². The zero-order valence-corrected chi connectivity index (χ0v) is 26.9. The van der Waals surface area contributed by atoms with Gasteiger partial charge in [-0.15, -0.1) is 0 Å². The maximum atomic E-state index is 12.0. The molecule has 0 saturated heterocycles. The summed E-state index contributed by atoms with van der Waals surface area (Å²) >= 11 is 0. The highest BCUT2D eigenvalue weighted by atomic mass is 16.6. The Hall–Kier alpha value is -1.10. The van der Waals surface area contributed by atoms with Crippen molar-refractivity contribution in [1.82, 2.24) is 0 Å². The highest BCUT2D eigenvalue weighted by molar-refractivity contribution is 5.70. The van der Waals surface area contributed by atoms with Gasteiger partial charge in [-0.1, -0.05) is 168 Å². The van der Waals surface area contributed by atoms with Gasteiger partial charge in [0.25, 0.3) is 0 Å². The van der Waals surface area contributed by atoms with Gasteiger partial charge in [0.2, 0.25) is 0 Å². The summed E-state index contributed by atoms with van der Waals surface area (Å²) in [6.45, 7) is 3.90. The molecular formula is C35H68O5. The molecule has 1 unspecified atom stereocenters. The van der Waals surface area contributed by atoms with E-state index in [-0.39, 0.29) is 25.2 Å². The smallest absolute Gasteiger partial charge is 0.306 e. The van der Waals surface area contributed by atoms with Gasteiger partial charge < -0.3 is 14.6 Å². The number of hydrogen-bond acceptors (Lipinski definition) is 5. The standard InChI is InChI=1S/C35H68O5/c1-3-5-7-8-9-10-11-12-13-14-15-16-17-18-19-20-21-22-23-24-25-26-27-28-30-35(38)40-33(31-36)32-39-34(37)29-6-4-2/h33,36H,3-32H2,1-2H3. The van der Waals surface area contributed by atoms with Crippen LogP contribution in [0.4, 0.5) is 0 Å². The summed E-state index contributed by atoms with van der Waals surface area (Å²) in [5.74, 6) is -0.621. The molecule has 0 aliphatic heterocycles. The molecule has 40 heavy (non-hydrogen) atoms. The lowest BCUT2D eigenvalue weighted by atomic mass is 10.0. The Morgan fingerprint density at radius 2 is 0.800 bits per heavy atom. The number of ether oxygens (including phenoxy) is 2. The van der Waals surface area contributed by atoms with Gasteiger partial charge in [-0.3, -0.25) is 9.59 Å². The monoisotopic (exact) mass is 569 g/mol. The molecule has 0 bridgehead atoms. The number of carbonyl (C=O) groups is 2. The summed E-state index contributed by atoms with van der Waals surface area (Å²) in [6.07, 6.45) is 34.2. The third-order valence-electron chi connectivity index (χ3n) is 7.90. The molecule has 0 rings (SSSR count). The molecule has 0 spiro atoms. The van der Waals surface area contributed by atoms with E-state index >= 15 is 0 Å². The topological polar surface area (TPSA) is 72.8 Å². The van der Waals surface area contributed by atoms with Crippen LogP contribution in [-0.2, 0) is 19.1 Å². The molecule has 0 fully saturated rings. The van der Waals surface area contributed by atoms with Crippen molar-refractivity contribution in [3.63, 3.8) is 0 Å². The van der Waals surface area contributed by atoms with Crippen LogP contribution in [0.25, 0.3) is 0 Å². The maximum Gasteiger partial charge on any atom is 0.306 e. The highest BCUT2D eigenvalue weighted by Crippen LogP contribution is 2.16. The van der Waals surface area contributed by atoms with Crippen LogP contribution >= 0.6 is 0 Å². The number of unbranched alkanes of at least 4 members (excludes halogenated alkanes) is 24. The highest BCUT2D eigenvalue weighted by Gasteiger charge is 2.15. The lowest BCUT2D eigenvalue weighted by molar-refractivity contribution is -0.161. The molecule has 0 saturated carbocycles. The third-order valence-corrected chi connectivity index (χ3v) is 7.90. The molecule has 5 nitrogen and oxygen atoms in total. The van der Waals surface area contributed by atoms with Gasteiger partial charge in [0, 0.05) is 12.8 Å². The number of aliphatic hydroxyl groups is 1. The number of carbonyl (C=O) groups excluding carboxylic acids is 2. The normalized spacial score (nSPS) is 12.0. The summed E-state index contributed by atoms with van der Waals surface area (Å²) < 4.78 is 10.3. The Kier molecular flexibility index (Phi) is 31.5. The van der Waals surface area contributed by atoms with Gasteiger partial charge in [-0.2, -0.15) is 0 Å². The fraction of sp³-hybridized carbons (Fsp3) is 0.943. The molecule has 1 N–H and O–H groups in total. The summed E-state index contributed by atoms with van der Waals surface area (Å²) in [5.41, 5.74) is 0. The van der Waals surface area contributed by atoms with Crippen LogP contribution < -0.4 is 0 Å². The molecule has 0 amide bonds. The molecule has 0 aliphatic carbocycles. The summed E-state index contributed by atoms with van der Waals surface area (Å²) in [5, 5.41) is 9.36. The van der Waals surface area contributed by atoms with Crippen LogP contribution in [0, 0.1) is 0 Å². The lowest BCUT2D eigenvalue weighted by Gasteiger charge is -2.15. The first-order valence-corrected chi connectivity index (χ1v) is 17.6. The third kappa shape index (κ3) is 29.9. The molecule has 5 heteroatoms. The van der Waals surface area contributed by atoms with Gasteiger partial charge >= 0.3 is 11.9 Å². The van der Waals surface area contributed by atoms with Crippen molar-refractivity contribution < 1.29 is 24.2 Å². The Balaban J connectivity index is 3.31. The zero-order chi connectivity index (χ0) is 29.4. The number of hydrogen-bond donors (Lipinski definition) is 1. The van der Waals surface area contributed by atoms with Crippen molar-refractivity contribution in [3.8, 4) is 0 Å². The van der Waals surface area contributed by atoms with Gasteiger partial charge in [0.1, 0.15) is 6.61 Å². The van der Waals surface area contributed by atoms with Crippen LogP contribution in [0.2, 0.25) is 0 Å². The predicted octanol–water partition coefficient (Wildman–Crippen LogP) is 10.4. The van der Waals surface area contributed by atoms with Crippen molar-refractivity contribution >= 4 is 11.9 Å². The Labute approximate surface area is 248 Å². The van der Waals surface area contributed by atoms with Crippen LogP contribution in [-0.4, -0.2) is 36.4 Å². The second-order valence-corrected chi connectivity index (χ2v) is 12.0. The molecule has 0 aromatic carbocycles. The minimum absolute atomic E-state index is 0.0653. The van der Waals surface area contributed by atoms with E-state index < -0.39 is 6.10 Å². The van der Waals surface area contributed by atoms with E-state index in [1.54, 1.807) is 0 Å². The van der Waals surface area contributed by atoms with E-state index in [0.29, 0.717) is 12.8 Å². The van der Waals surface area contributed by atoms with Crippen LogP contribution in [0.15, 0.2) is 0 Å². The van der Waals surface area contributed by atoms with E-state index in [4.69, 9.17) is 9.47 Å². The summed E-state index contributed by atoms with van der Waals surface area (Å²) in [4.78, 5) is 23.5. The van der Waals surface area contributed by atoms with E-state index in [2.05, 4.69) is 6.92 Å². The lowest BCUT2D eigenvalue weighted by Crippen LogP contribution is -2.28. The Morgan fingerprint density at radius 1 is 0.475 bits per heavy atom. The van der Waals surface area contributed by atoms with Crippen molar-refractivity contribution in [3.05, 3.63) is 0 Å². The van der Waals surface area contributed by atoms with Crippen molar-refractivity contribution in [2.45, 2.75) is 200 Å². The van der Waals surface area contributed by atoms with Crippen LogP contribution in [0.5, 0.6) is 0 Å². The quantitative estimate of drug-likeness (QED) is 0.0645. The average Bonchev–Trinajstić information content (AvgIpc) is 2.96. The van der Waals surface area contributed by atoms with E-state index in [0.717, 1.165) is 32.1 Å². The maximum absolute atomic E-state index is 12.0.